The maximum Gasteiger partial charge on any atom is 0.317 e. The number of thiol groups is 2. The number of aliphatic hydroxyl groups is 1. The summed E-state index contributed by atoms with van der Waals surface area (Å²) in [4.78, 5) is 268. The van der Waals surface area contributed by atoms with Gasteiger partial charge >= 0.3 is 23.9 Å². The van der Waals surface area contributed by atoms with Crippen molar-refractivity contribution in [2.75, 3.05) is 97.7 Å². The quantitative estimate of drug-likeness (QED) is 0.0102. The zero-order chi connectivity index (χ0) is 107. The second kappa shape index (κ2) is 67.8. The van der Waals surface area contributed by atoms with E-state index in [9.17, 15) is 102 Å². The average Bonchev–Trinajstić information content (AvgIpc) is 1.64. The van der Waals surface area contributed by atoms with Crippen LogP contribution < -0.4 is 85.9 Å². The number of aromatic amines is 1. The van der Waals surface area contributed by atoms with Gasteiger partial charge in [0.15, 0.2) is 11.3 Å². The molecule has 0 aliphatic carbocycles. The number of amides is 15. The number of ether oxygens (including phenoxy) is 2. The summed E-state index contributed by atoms with van der Waals surface area (Å²) in [6.07, 6.45) is 14.8. The van der Waals surface area contributed by atoms with Crippen LogP contribution in [0, 0.1) is 5.41 Å². The topological polar surface area (TPSA) is 726 Å². The summed E-state index contributed by atoms with van der Waals surface area (Å²) in [7, 11) is 0. The summed E-state index contributed by atoms with van der Waals surface area (Å²) in [6.45, 7) is -0.665. The Morgan fingerprint density at radius 2 is 0.993 bits per heavy atom. The Hall–Kier alpha value is -12.8. The maximum absolute atomic E-state index is 15.1. The minimum atomic E-state index is -1.91. The van der Waals surface area contributed by atoms with Gasteiger partial charge < -0.3 is 136 Å². The van der Waals surface area contributed by atoms with Crippen molar-refractivity contribution in [1.82, 2.24) is 94.1 Å². The number of aromatic nitrogens is 1. The number of aliphatic carboxylic acids is 4. The van der Waals surface area contributed by atoms with E-state index in [1.165, 1.54) is 31.0 Å². The number of primary amides is 1. The molecule has 2 unspecified atom stereocenters. The highest BCUT2D eigenvalue weighted by Gasteiger charge is 2.45. The molecule has 48 nitrogen and oxygen atoms in total. The Morgan fingerprint density at radius 1 is 0.493 bits per heavy atom. The van der Waals surface area contributed by atoms with E-state index in [0.717, 1.165) is 74.0 Å². The number of carbonyl (C=O) groups is 19. The molecule has 25 N–H and O–H groups in total. The van der Waals surface area contributed by atoms with Crippen molar-refractivity contribution >= 4 is 161 Å². The molecule has 2 aromatic carbocycles. The molecular formula is C96H148N22O26S2. The summed E-state index contributed by atoms with van der Waals surface area (Å²) in [5, 5.41) is 91.9. The van der Waals surface area contributed by atoms with E-state index in [1.54, 1.807) is 60.8 Å². The number of hydrogen-bond acceptors (Lipinski definition) is 28. The number of H-pyrrole nitrogens is 1. The van der Waals surface area contributed by atoms with E-state index >= 15 is 9.59 Å². The fraction of sp³-hybridized carbons (Fsp3) is 0.635. The number of benzene rings is 2. The predicted molar refractivity (Wildman–Crippen MR) is 541 cm³/mol. The molecule has 2 fully saturated rings. The first-order chi connectivity index (χ1) is 69.9. The predicted octanol–water partition coefficient (Wildman–Crippen LogP) is -1.37. The molecule has 0 spiro atoms. The van der Waals surface area contributed by atoms with Gasteiger partial charge in [0.25, 0.3) is 5.91 Å². The highest BCUT2D eigenvalue weighted by atomic mass is 32.1. The highest BCUT2D eigenvalue weighted by molar-refractivity contribution is 7.81. The van der Waals surface area contributed by atoms with E-state index in [1.807, 2.05) is 0 Å². The molecule has 15 amide bonds. The summed E-state index contributed by atoms with van der Waals surface area (Å²) in [6, 6.07) is -1.27. The standard InChI is InChI=1S/C96H148N22O26S2/c1-60(120)106-70(39-49-145)87(135)113-73(52-63-54-100-59-105-63)89(137)111-71(50-61-26-13-12-14-27-61)88(136)109-68(32-23-41-103-96(98)99)85(133)112-72(51-62-53-104-65-29-18-17-28-64(62)65)90(138)115-93(146)95(142)118-45-25-34-76(118)94(141)117-44-24-33-75(117)92(140)114-74(57-119)91(139)110-69(37-38-80(125)126)86(134)108-67(31-20-22-43-116(55-81(127)128)56-82(129)130)84(132)107-66(83(97)131)30-19-21-40-101-78(122)58-144-48-47-143-46-42-102-77(121)35-15-10-8-6-4-2-3-5-7-9-11-16-36-79(123)124/h12-14,17-18,26-29,53,59,63,66-76,93,104,119,145-146H,2-11,15-16,19-25,30-52,54-58H2,1H3,(H2,97,131)(H,100,105)(H,101,122)(H,102,121)(H,106,120)(H,107,132)(H,108,134)(H,109,136)(H,110,139)(H,111,137)(H,112,133)(H,113,135)(H,114,140)(H,115,138)(H,123,124)(H,125,126)(H,127,128)(H,129,130)(H4,98,99,103)/t63?,66-,67-,68-,69-,70-,71+,72-,73-,74-,75-,76-,93?/m0/s1. The monoisotopic (exact) mass is 2090 g/mol. The number of aliphatic hydroxyl groups excluding tert-OH is 1. The summed E-state index contributed by atoms with van der Waals surface area (Å²) < 4.78 is 10.9. The second-order valence-corrected chi connectivity index (χ2v) is 37.3. The van der Waals surface area contributed by atoms with Crippen molar-refractivity contribution in [1.29, 1.82) is 5.41 Å². The highest BCUT2D eigenvalue weighted by Crippen LogP contribution is 2.28. The number of hydrogen-bond donors (Lipinski definition) is 25. The van der Waals surface area contributed by atoms with Crippen LogP contribution in [0.4, 0.5) is 0 Å². The van der Waals surface area contributed by atoms with Crippen molar-refractivity contribution in [3.63, 3.8) is 0 Å². The SMILES string of the molecule is CC(=O)N[C@@H](CCS)C(=O)N[C@@H](CC1CNC=N1)C(=O)N[C@H](Cc1ccccc1)C(=O)N[C@@H](CCCNC(=N)N)C(=O)N[C@@H](Cc1c[nH]c2ccccc12)C(=O)NC(S)C(=O)N1CCC[C@H]1C(=O)N1CCC[C@H]1C(=O)N[C@@H](CO)C(=O)N[C@@H](CCC(=O)O)C(=O)N[C@@H](CCCCN(CC(=O)O)CC(=O)O)C(=O)N[C@@H](CCCCNC(=O)COCCOCCNC(=O)CCCCCCCCCCCCCCC(=O)O)C(N)=O. The Balaban J connectivity index is 1.07. The molecule has 1 aromatic heterocycles. The number of unbranched alkanes of at least 4 members (excludes halogenated alkanes) is 13. The van der Waals surface area contributed by atoms with Gasteiger partial charge in [-0.15, -0.1) is 12.6 Å². The third-order valence-corrected chi connectivity index (χ3v) is 25.3. The summed E-state index contributed by atoms with van der Waals surface area (Å²) >= 11 is 8.81. The molecule has 4 heterocycles. The molecule has 0 saturated carbocycles. The number of nitrogens with one attached hydrogen (secondary N) is 16. The average molecular weight is 2090 g/mol. The number of nitrogens with two attached hydrogens (primary N) is 2. The fourth-order valence-corrected chi connectivity index (χ4v) is 17.6. The lowest BCUT2D eigenvalue weighted by Crippen LogP contribution is -2.61. The fourth-order valence-electron chi connectivity index (χ4n) is 17.1. The van der Waals surface area contributed by atoms with Crippen LogP contribution in [0.25, 0.3) is 10.9 Å². The Kier molecular flexibility index (Phi) is 56.6. The van der Waals surface area contributed by atoms with Crippen molar-refractivity contribution < 1.29 is 126 Å². The minimum absolute atomic E-state index is 0.0125. The first kappa shape index (κ1) is 122. The molecule has 0 bridgehead atoms. The van der Waals surface area contributed by atoms with Gasteiger partial charge in [-0.25, -0.2) is 0 Å². The maximum atomic E-state index is 15.1. The molecule has 3 aliphatic heterocycles. The number of carboxylic acid groups (broad SMARTS) is 4. The first-order valence-electron chi connectivity index (χ1n) is 50.0. The number of rotatable bonds is 75. The zero-order valence-corrected chi connectivity index (χ0v) is 84.5. The lowest BCUT2D eigenvalue weighted by molar-refractivity contribution is -0.147. The van der Waals surface area contributed by atoms with Gasteiger partial charge in [0.2, 0.25) is 82.7 Å². The number of carbonyl (C=O) groups excluding carboxylic acids is 15. The lowest BCUT2D eigenvalue weighted by Gasteiger charge is -2.33. The number of nitrogens with zero attached hydrogens (tertiary/aromatic N) is 4. The van der Waals surface area contributed by atoms with E-state index in [2.05, 4.69) is 110 Å². The molecule has 50 heteroatoms. The molecule has 0 radical (unpaired) electrons. The van der Waals surface area contributed by atoms with E-state index in [-0.39, 0.29) is 180 Å². The number of para-hydroxylation sites is 1. The largest absolute Gasteiger partial charge is 0.481 e. The second-order valence-electron chi connectivity index (χ2n) is 36.4. The van der Waals surface area contributed by atoms with Gasteiger partial charge in [-0.05, 0) is 132 Å². The number of fused-ring (bicyclic) bond motifs is 1. The van der Waals surface area contributed by atoms with Gasteiger partial charge in [-0.2, -0.15) is 12.6 Å². The van der Waals surface area contributed by atoms with Crippen LogP contribution in [0.3, 0.4) is 0 Å². The van der Waals surface area contributed by atoms with Crippen LogP contribution in [0.1, 0.15) is 211 Å². The van der Waals surface area contributed by atoms with Crippen LogP contribution in [0.15, 0.2) is 65.8 Å². The van der Waals surface area contributed by atoms with Gasteiger partial charge in [0, 0.05) is 102 Å². The van der Waals surface area contributed by atoms with Gasteiger partial charge in [0.1, 0.15) is 73.1 Å². The Morgan fingerprint density at radius 3 is 1.58 bits per heavy atom. The van der Waals surface area contributed by atoms with Crippen molar-refractivity contribution in [3.05, 3.63) is 71.9 Å². The van der Waals surface area contributed by atoms with E-state index < -0.39 is 223 Å². The normalized spacial score (nSPS) is 16.2. The molecule has 3 aromatic rings. The lowest BCUT2D eigenvalue weighted by atomic mass is 10.0. The van der Waals surface area contributed by atoms with Gasteiger partial charge in [-0.1, -0.05) is 113 Å². The van der Waals surface area contributed by atoms with Gasteiger partial charge in [0.05, 0.1) is 51.9 Å². The third-order valence-electron chi connectivity index (χ3n) is 24.7. The molecule has 810 valence electrons. The van der Waals surface area contributed by atoms with Crippen LogP contribution in [0.5, 0.6) is 0 Å². The number of carboxylic acids is 4. The molecule has 146 heavy (non-hydrogen) atoms. The number of aliphatic imine (C=N–C) groups is 1. The molecule has 3 aliphatic rings. The van der Waals surface area contributed by atoms with E-state index in [0.29, 0.717) is 41.5 Å². The third kappa shape index (κ3) is 46.7. The molecular weight excluding hydrogens is 1940 g/mol. The Bertz CT molecular complexity index is 4790. The van der Waals surface area contributed by atoms with Crippen LogP contribution in [-0.2, 0) is 113 Å². The number of likely N-dealkylation sites (tertiary alicyclic amines) is 2. The molecule has 13 atom stereocenters. The van der Waals surface area contributed by atoms with Crippen molar-refractivity contribution in [3.8, 4) is 0 Å². The number of guanidine groups is 1. The Labute approximate surface area is 858 Å². The van der Waals surface area contributed by atoms with E-state index in [4.69, 9.17) is 31.5 Å². The van der Waals surface area contributed by atoms with Crippen LogP contribution in [0.2, 0.25) is 0 Å². The minimum Gasteiger partial charge on any atom is -0.481 e. The van der Waals surface area contributed by atoms with Gasteiger partial charge in [-0.3, -0.25) is 106 Å². The molecule has 6 rings (SSSR count). The van der Waals surface area contributed by atoms with Crippen molar-refractivity contribution in [2.24, 2.45) is 16.5 Å². The van der Waals surface area contributed by atoms with Crippen molar-refractivity contribution in [2.45, 2.75) is 290 Å². The molecule has 2 saturated heterocycles. The van der Waals surface area contributed by atoms with Crippen LogP contribution in [-0.4, -0.2) is 346 Å². The van der Waals surface area contributed by atoms with Crippen LogP contribution >= 0.6 is 25.3 Å². The smallest absolute Gasteiger partial charge is 0.317 e. The first-order valence-corrected chi connectivity index (χ1v) is 51.1. The summed E-state index contributed by atoms with van der Waals surface area (Å²) in [5.41, 5.74) is 13.1. The zero-order valence-electron chi connectivity index (χ0n) is 82.7. The summed E-state index contributed by atoms with van der Waals surface area (Å²) in [5.74, 6) is -17.5.